The fourth-order valence-electron chi connectivity index (χ4n) is 6.09. The van der Waals surface area contributed by atoms with Gasteiger partial charge in [0.15, 0.2) is 0 Å². The van der Waals surface area contributed by atoms with E-state index in [1.165, 1.54) is 39.0 Å². The fraction of sp³-hybridized carbons (Fsp3) is 0.130. The normalized spacial score (nSPS) is 11.6. The van der Waals surface area contributed by atoms with Gasteiger partial charge < -0.3 is 25.8 Å². The topological polar surface area (TPSA) is 200 Å². The SMILES string of the molecule is COC(=O)C(Cc1ccccc1)Nc1cc(-c2ccc(N)cc2)ncn1.COC(=O)C(Cc1ccccc1)Nc1cc(-c2ccc(NS(=O)(=O)c3ccccc3)cc2)ncn1.Cl. The summed E-state index contributed by atoms with van der Waals surface area (Å²) < 4.78 is 37.5. The number of methoxy groups -OCH3 is 2. The first-order valence-electron chi connectivity index (χ1n) is 19.0. The minimum atomic E-state index is -3.68. The Morgan fingerprint density at radius 1 is 0.581 bits per heavy atom. The number of carbonyl (C=O) groups is 2. The lowest BCUT2D eigenvalue weighted by atomic mass is 10.1. The predicted octanol–water partition coefficient (Wildman–Crippen LogP) is 7.48. The quantitative estimate of drug-likeness (QED) is 0.0584. The largest absolute Gasteiger partial charge is 0.467 e. The van der Waals surface area contributed by atoms with Gasteiger partial charge in [0.1, 0.15) is 36.4 Å². The molecule has 0 radical (unpaired) electrons. The first-order chi connectivity index (χ1) is 29.6. The molecular formula is C46H45ClN8O6S. The number of hydrogen-bond donors (Lipinski definition) is 4. The number of esters is 2. The van der Waals surface area contributed by atoms with Gasteiger partial charge in [0.05, 0.1) is 30.5 Å². The van der Waals surface area contributed by atoms with Crippen molar-refractivity contribution in [1.82, 2.24) is 19.9 Å². The molecule has 5 aromatic carbocycles. The molecule has 0 saturated heterocycles. The third-order valence-electron chi connectivity index (χ3n) is 9.21. The van der Waals surface area contributed by atoms with Gasteiger partial charge in [-0.2, -0.15) is 0 Å². The number of benzene rings is 5. The van der Waals surface area contributed by atoms with Crippen LogP contribution in [0.25, 0.3) is 22.5 Å². The molecule has 0 aliphatic carbocycles. The lowest BCUT2D eigenvalue weighted by Gasteiger charge is -2.17. The summed E-state index contributed by atoms with van der Waals surface area (Å²) in [7, 11) is -0.952. The molecule has 0 saturated carbocycles. The number of aromatic nitrogens is 4. The zero-order valence-electron chi connectivity index (χ0n) is 33.8. The fourth-order valence-corrected chi connectivity index (χ4v) is 7.17. The second-order valence-electron chi connectivity index (χ2n) is 13.5. The van der Waals surface area contributed by atoms with E-state index in [-0.39, 0.29) is 23.3 Å². The van der Waals surface area contributed by atoms with E-state index in [1.807, 2.05) is 84.9 Å². The second kappa shape index (κ2) is 22.3. The first kappa shape index (κ1) is 45.7. The average molecular weight is 873 g/mol. The third-order valence-corrected chi connectivity index (χ3v) is 10.6. The minimum Gasteiger partial charge on any atom is -0.467 e. The van der Waals surface area contributed by atoms with Gasteiger partial charge in [-0.25, -0.2) is 37.9 Å². The third kappa shape index (κ3) is 13.1. The van der Waals surface area contributed by atoms with E-state index >= 15 is 0 Å². The minimum absolute atomic E-state index is 0. The van der Waals surface area contributed by atoms with E-state index in [4.69, 9.17) is 15.2 Å². The maximum absolute atomic E-state index is 12.5. The Hall–Kier alpha value is -7.36. The average Bonchev–Trinajstić information content (AvgIpc) is 3.30. The molecule has 2 atom stereocenters. The number of carbonyl (C=O) groups excluding carboxylic acids is 2. The summed E-state index contributed by atoms with van der Waals surface area (Å²) in [6.07, 6.45) is 3.79. The Balaban J connectivity index is 0.000000240. The highest BCUT2D eigenvalue weighted by molar-refractivity contribution is 7.92. The van der Waals surface area contributed by atoms with E-state index in [9.17, 15) is 18.0 Å². The number of nitrogens with one attached hydrogen (secondary N) is 3. The van der Waals surface area contributed by atoms with E-state index in [0.29, 0.717) is 41.5 Å². The van der Waals surface area contributed by atoms with E-state index in [0.717, 1.165) is 27.9 Å². The molecule has 2 aromatic heterocycles. The van der Waals surface area contributed by atoms with Crippen molar-refractivity contribution in [2.75, 3.05) is 35.3 Å². The van der Waals surface area contributed by atoms with Crippen LogP contribution in [0.1, 0.15) is 11.1 Å². The van der Waals surface area contributed by atoms with Gasteiger partial charge in [0, 0.05) is 47.5 Å². The van der Waals surface area contributed by atoms with E-state index in [1.54, 1.807) is 54.6 Å². The maximum Gasteiger partial charge on any atom is 0.328 e. The lowest BCUT2D eigenvalue weighted by molar-refractivity contribution is -0.142. The molecule has 62 heavy (non-hydrogen) atoms. The van der Waals surface area contributed by atoms with Crippen LogP contribution in [0.2, 0.25) is 0 Å². The molecule has 14 nitrogen and oxygen atoms in total. The standard InChI is InChI=1S/C26H24N4O4S.C20H20N4O2.ClH/c1-34-26(31)24(16-19-8-4-2-5-9-19)29-25-17-23(27-18-28-25)20-12-14-21(15-13-20)30-35(32,33)22-10-6-3-7-11-22;1-26-20(25)18(11-14-5-3-2-4-6-14)24-19-12-17(22-13-23-19)15-7-9-16(21)10-8-15;/h2-15,17-18,24,30H,16H2,1H3,(H,27,28,29);2-10,12-13,18H,11,21H2,1H3,(H,22,23,24);1H. The van der Waals surface area contributed by atoms with E-state index < -0.39 is 28.1 Å². The van der Waals surface area contributed by atoms with Crippen molar-refractivity contribution >= 4 is 57.4 Å². The van der Waals surface area contributed by atoms with Crippen molar-refractivity contribution in [1.29, 1.82) is 0 Å². The molecular weight excluding hydrogens is 828 g/mol. The van der Waals surface area contributed by atoms with Crippen LogP contribution in [0.15, 0.2) is 169 Å². The molecule has 0 bridgehead atoms. The van der Waals surface area contributed by atoms with Crippen molar-refractivity contribution in [3.8, 4) is 22.5 Å². The number of ether oxygens (including phenoxy) is 2. The molecule has 0 aliphatic heterocycles. The number of nitrogen functional groups attached to an aromatic ring is 1. The molecule has 0 aliphatic rings. The highest BCUT2D eigenvalue weighted by Crippen LogP contribution is 2.24. The summed E-state index contributed by atoms with van der Waals surface area (Å²) in [6.45, 7) is 0. The van der Waals surface area contributed by atoms with Crippen molar-refractivity contribution in [2.45, 2.75) is 29.8 Å². The van der Waals surface area contributed by atoms with Crippen LogP contribution in [0, 0.1) is 0 Å². The molecule has 7 aromatic rings. The molecule has 16 heteroatoms. The van der Waals surface area contributed by atoms with Gasteiger partial charge >= 0.3 is 11.9 Å². The molecule has 318 valence electrons. The monoisotopic (exact) mass is 872 g/mol. The predicted molar refractivity (Wildman–Crippen MR) is 243 cm³/mol. The van der Waals surface area contributed by atoms with Crippen LogP contribution in [-0.4, -0.2) is 66.6 Å². The zero-order chi connectivity index (χ0) is 43.0. The van der Waals surface area contributed by atoms with Crippen LogP contribution in [0.4, 0.5) is 23.0 Å². The number of nitrogens with zero attached hydrogens (tertiary/aromatic N) is 4. The summed E-state index contributed by atoms with van der Waals surface area (Å²) in [5.41, 5.74) is 11.9. The number of halogens is 1. The molecule has 0 fully saturated rings. The van der Waals surface area contributed by atoms with Crippen LogP contribution in [0.3, 0.4) is 0 Å². The summed E-state index contributed by atoms with van der Waals surface area (Å²) in [5, 5.41) is 6.28. The van der Waals surface area contributed by atoms with Crippen molar-refractivity contribution < 1.29 is 27.5 Å². The Kier molecular flexibility index (Phi) is 16.4. The number of sulfonamides is 1. The molecule has 7 rings (SSSR count). The Morgan fingerprint density at radius 3 is 1.40 bits per heavy atom. The van der Waals surface area contributed by atoms with Crippen LogP contribution in [-0.2, 0) is 41.9 Å². The van der Waals surface area contributed by atoms with Gasteiger partial charge in [-0.15, -0.1) is 12.4 Å². The van der Waals surface area contributed by atoms with Gasteiger partial charge in [0.25, 0.3) is 10.0 Å². The summed E-state index contributed by atoms with van der Waals surface area (Å²) in [5.74, 6) is 0.277. The second-order valence-corrected chi connectivity index (χ2v) is 15.2. The number of anilines is 4. The number of nitrogens with two attached hydrogens (primary N) is 1. The van der Waals surface area contributed by atoms with Gasteiger partial charge in [-0.3, -0.25) is 4.72 Å². The molecule has 5 N–H and O–H groups in total. The zero-order valence-corrected chi connectivity index (χ0v) is 35.4. The maximum atomic E-state index is 12.5. The molecule has 2 unspecified atom stereocenters. The van der Waals surface area contributed by atoms with Gasteiger partial charge in [-0.1, -0.05) is 103 Å². The van der Waals surface area contributed by atoms with Crippen molar-refractivity contribution in [3.05, 3.63) is 175 Å². The smallest absolute Gasteiger partial charge is 0.328 e. The lowest BCUT2D eigenvalue weighted by Crippen LogP contribution is -2.33. The van der Waals surface area contributed by atoms with Gasteiger partial charge in [-0.05, 0) is 47.5 Å². The summed E-state index contributed by atoms with van der Waals surface area (Å²) in [4.78, 5) is 41.8. The van der Waals surface area contributed by atoms with Crippen molar-refractivity contribution in [2.24, 2.45) is 0 Å². The van der Waals surface area contributed by atoms with Crippen LogP contribution >= 0.6 is 12.4 Å². The molecule has 2 heterocycles. The first-order valence-corrected chi connectivity index (χ1v) is 20.5. The van der Waals surface area contributed by atoms with Gasteiger partial charge in [0.2, 0.25) is 0 Å². The number of rotatable bonds is 15. The van der Waals surface area contributed by atoms with Crippen LogP contribution in [0.5, 0.6) is 0 Å². The Morgan fingerprint density at radius 2 is 0.984 bits per heavy atom. The highest BCUT2D eigenvalue weighted by Gasteiger charge is 2.22. The Bertz CT molecular complexity index is 2610. The summed E-state index contributed by atoms with van der Waals surface area (Å²) in [6, 6.07) is 44.2. The summed E-state index contributed by atoms with van der Waals surface area (Å²) >= 11 is 0. The molecule has 0 amide bonds. The molecule has 0 spiro atoms. The Labute approximate surface area is 366 Å². The number of hydrogen-bond acceptors (Lipinski definition) is 13. The van der Waals surface area contributed by atoms with Crippen molar-refractivity contribution in [3.63, 3.8) is 0 Å². The van der Waals surface area contributed by atoms with Crippen LogP contribution < -0.4 is 21.1 Å². The van der Waals surface area contributed by atoms with E-state index in [2.05, 4.69) is 35.3 Å². The highest BCUT2D eigenvalue weighted by atomic mass is 35.5.